The van der Waals surface area contributed by atoms with E-state index in [-0.39, 0.29) is 12.2 Å². The highest BCUT2D eigenvalue weighted by atomic mass is 16.6. The van der Waals surface area contributed by atoms with Crippen LogP contribution in [0, 0.1) is 5.92 Å². The minimum atomic E-state index is -0.244. The first kappa shape index (κ1) is 10.7. The molecule has 0 aliphatic carbocycles. The van der Waals surface area contributed by atoms with E-state index in [4.69, 9.17) is 4.74 Å². The van der Waals surface area contributed by atoms with Gasteiger partial charge >= 0.3 is 6.09 Å². The van der Waals surface area contributed by atoms with Crippen LogP contribution in [0.25, 0.3) is 0 Å². The summed E-state index contributed by atoms with van der Waals surface area (Å²) in [6, 6.07) is 0.634. The molecule has 0 bridgehead atoms. The highest BCUT2D eigenvalue weighted by Gasteiger charge is 2.33. The number of ether oxygens (including phenoxy) is 1. The van der Waals surface area contributed by atoms with Gasteiger partial charge in [-0.05, 0) is 39.8 Å². The molecule has 0 saturated carbocycles. The van der Waals surface area contributed by atoms with Gasteiger partial charge in [-0.1, -0.05) is 0 Å². The molecule has 2 heterocycles. The van der Waals surface area contributed by atoms with Crippen LogP contribution in [0.2, 0.25) is 0 Å². The molecule has 86 valence electrons. The van der Waals surface area contributed by atoms with E-state index in [1.807, 2.05) is 0 Å². The first-order valence-corrected chi connectivity index (χ1v) is 5.85. The van der Waals surface area contributed by atoms with Gasteiger partial charge in [0.05, 0.1) is 6.54 Å². The topological polar surface area (TPSA) is 41.6 Å². The quantitative estimate of drug-likeness (QED) is 0.748. The van der Waals surface area contributed by atoms with Crippen LogP contribution in [0.1, 0.15) is 26.7 Å². The van der Waals surface area contributed by atoms with Crippen molar-refractivity contribution in [2.45, 2.75) is 38.8 Å². The molecule has 1 atom stereocenters. The first-order valence-electron chi connectivity index (χ1n) is 5.85. The molecule has 2 rings (SSSR count). The molecule has 15 heavy (non-hydrogen) atoms. The Morgan fingerprint density at radius 2 is 2.07 bits per heavy atom. The average Bonchev–Trinajstić information content (AvgIpc) is 2.65. The van der Waals surface area contributed by atoms with Crippen LogP contribution in [-0.4, -0.2) is 42.8 Å². The van der Waals surface area contributed by atoms with Crippen molar-refractivity contribution < 1.29 is 9.53 Å². The molecule has 1 N–H and O–H groups in total. The lowest BCUT2D eigenvalue weighted by Crippen LogP contribution is -2.42. The number of nitrogens with one attached hydrogen (secondary N) is 1. The van der Waals surface area contributed by atoms with E-state index in [9.17, 15) is 4.79 Å². The molecule has 1 amide bonds. The average molecular weight is 212 g/mol. The largest absolute Gasteiger partial charge is 0.444 e. The molecule has 2 fully saturated rings. The summed E-state index contributed by atoms with van der Waals surface area (Å²) >= 11 is 0. The van der Waals surface area contributed by atoms with Crippen molar-refractivity contribution in [3.8, 4) is 0 Å². The number of cyclic esters (lactones) is 1. The van der Waals surface area contributed by atoms with Gasteiger partial charge in [-0.15, -0.1) is 0 Å². The Bertz CT molecular complexity index is 235. The first-order chi connectivity index (χ1) is 7.16. The minimum absolute atomic E-state index is 0.117. The molecule has 0 spiro atoms. The summed E-state index contributed by atoms with van der Waals surface area (Å²) in [5, 5.41) is 2.73. The molecular formula is C11H20N2O2. The number of hydrogen-bond donors (Lipinski definition) is 1. The molecular weight excluding hydrogens is 192 g/mol. The third-order valence-electron chi connectivity index (χ3n) is 3.54. The van der Waals surface area contributed by atoms with Crippen molar-refractivity contribution in [2.24, 2.45) is 5.92 Å². The van der Waals surface area contributed by atoms with Gasteiger partial charge in [0, 0.05) is 12.0 Å². The Labute approximate surface area is 91.0 Å². The van der Waals surface area contributed by atoms with Crippen LogP contribution in [-0.2, 0) is 4.74 Å². The summed E-state index contributed by atoms with van der Waals surface area (Å²) in [4.78, 5) is 13.4. The number of carbonyl (C=O) groups excluding carboxylic acids is 1. The van der Waals surface area contributed by atoms with E-state index >= 15 is 0 Å². The summed E-state index contributed by atoms with van der Waals surface area (Å²) in [6.07, 6.45) is 2.17. The minimum Gasteiger partial charge on any atom is -0.444 e. The van der Waals surface area contributed by atoms with Crippen molar-refractivity contribution in [1.82, 2.24) is 10.2 Å². The monoisotopic (exact) mass is 212 g/mol. The van der Waals surface area contributed by atoms with Crippen molar-refractivity contribution in [3.63, 3.8) is 0 Å². The Hall–Kier alpha value is -0.770. The second-order valence-electron chi connectivity index (χ2n) is 4.79. The number of piperidine rings is 1. The van der Waals surface area contributed by atoms with Crippen LogP contribution in [0.15, 0.2) is 0 Å². The maximum absolute atomic E-state index is 10.9. The summed E-state index contributed by atoms with van der Waals surface area (Å²) in [6.45, 7) is 7.44. The molecule has 2 aliphatic rings. The van der Waals surface area contributed by atoms with E-state index in [1.165, 1.54) is 0 Å². The lowest BCUT2D eigenvalue weighted by Gasteiger charge is -2.35. The molecule has 2 aliphatic heterocycles. The number of alkyl carbamates (subject to hydrolysis) is 1. The lowest BCUT2D eigenvalue weighted by molar-refractivity contribution is 0.0593. The zero-order chi connectivity index (χ0) is 10.8. The van der Waals surface area contributed by atoms with Crippen LogP contribution < -0.4 is 5.32 Å². The summed E-state index contributed by atoms with van der Waals surface area (Å²) in [5.74, 6) is 0.555. The lowest BCUT2D eigenvalue weighted by atomic mass is 9.91. The van der Waals surface area contributed by atoms with Gasteiger partial charge < -0.3 is 15.0 Å². The second-order valence-corrected chi connectivity index (χ2v) is 4.79. The van der Waals surface area contributed by atoms with Gasteiger partial charge in [-0.25, -0.2) is 4.79 Å². The fourth-order valence-electron chi connectivity index (χ4n) is 2.48. The number of amides is 1. The highest BCUT2D eigenvalue weighted by molar-refractivity contribution is 5.69. The molecule has 0 aromatic heterocycles. The van der Waals surface area contributed by atoms with Crippen molar-refractivity contribution >= 4 is 6.09 Å². The maximum atomic E-state index is 10.9. The van der Waals surface area contributed by atoms with Crippen molar-refractivity contribution in [1.29, 1.82) is 0 Å². The van der Waals surface area contributed by atoms with Crippen LogP contribution in [0.4, 0.5) is 4.79 Å². The number of carbonyl (C=O) groups is 1. The number of likely N-dealkylation sites (tertiary alicyclic amines) is 1. The molecule has 0 aromatic carbocycles. The molecule has 1 unspecified atom stereocenters. The fourth-order valence-corrected chi connectivity index (χ4v) is 2.48. The Kier molecular flexibility index (Phi) is 3.14. The van der Waals surface area contributed by atoms with Crippen molar-refractivity contribution in [2.75, 3.05) is 19.6 Å². The Balaban J connectivity index is 1.80. The van der Waals surface area contributed by atoms with Crippen molar-refractivity contribution in [3.05, 3.63) is 0 Å². The highest BCUT2D eigenvalue weighted by Crippen LogP contribution is 2.25. The molecule has 4 nitrogen and oxygen atoms in total. The predicted molar refractivity (Wildman–Crippen MR) is 57.7 cm³/mol. The Morgan fingerprint density at radius 3 is 2.53 bits per heavy atom. The zero-order valence-electron chi connectivity index (χ0n) is 9.53. The fraction of sp³-hybridized carbons (Fsp3) is 0.909. The Morgan fingerprint density at radius 1 is 1.40 bits per heavy atom. The van der Waals surface area contributed by atoms with E-state index in [2.05, 4.69) is 24.1 Å². The van der Waals surface area contributed by atoms with Crippen LogP contribution >= 0.6 is 0 Å². The van der Waals surface area contributed by atoms with E-state index in [0.717, 1.165) is 25.9 Å². The molecule has 4 heteroatoms. The standard InChI is InChI=1S/C11H20N2O2/c1-8(2)13-5-3-9(4-6-13)10-7-12-11(14)15-10/h8-10H,3-7H2,1-2H3,(H,12,14). The third kappa shape index (κ3) is 2.43. The van der Waals surface area contributed by atoms with E-state index in [0.29, 0.717) is 18.5 Å². The van der Waals surface area contributed by atoms with E-state index < -0.39 is 0 Å². The second kappa shape index (κ2) is 4.39. The van der Waals surface area contributed by atoms with Gasteiger partial charge in [-0.3, -0.25) is 0 Å². The summed E-state index contributed by atoms with van der Waals surface area (Å²) < 4.78 is 5.23. The zero-order valence-corrected chi connectivity index (χ0v) is 9.53. The van der Waals surface area contributed by atoms with Gasteiger partial charge in [0.25, 0.3) is 0 Å². The van der Waals surface area contributed by atoms with Gasteiger partial charge in [-0.2, -0.15) is 0 Å². The summed E-state index contributed by atoms with van der Waals surface area (Å²) in [7, 11) is 0. The molecule has 0 radical (unpaired) electrons. The third-order valence-corrected chi connectivity index (χ3v) is 3.54. The summed E-state index contributed by atoms with van der Waals surface area (Å²) in [5.41, 5.74) is 0. The normalized spacial score (nSPS) is 29.3. The SMILES string of the molecule is CC(C)N1CCC(C2CNC(=O)O2)CC1. The van der Waals surface area contributed by atoms with Gasteiger partial charge in [0.2, 0.25) is 0 Å². The molecule has 0 aromatic rings. The molecule has 2 saturated heterocycles. The van der Waals surface area contributed by atoms with Gasteiger partial charge in [0.15, 0.2) is 0 Å². The van der Waals surface area contributed by atoms with Crippen LogP contribution in [0.5, 0.6) is 0 Å². The van der Waals surface area contributed by atoms with Gasteiger partial charge in [0.1, 0.15) is 6.10 Å². The van der Waals surface area contributed by atoms with Crippen LogP contribution in [0.3, 0.4) is 0 Å². The number of nitrogens with zero attached hydrogens (tertiary/aromatic N) is 1. The number of rotatable bonds is 2. The number of hydrogen-bond acceptors (Lipinski definition) is 3. The maximum Gasteiger partial charge on any atom is 0.407 e. The predicted octanol–water partition coefficient (Wildman–Crippen LogP) is 1.22. The van der Waals surface area contributed by atoms with E-state index in [1.54, 1.807) is 0 Å². The smallest absolute Gasteiger partial charge is 0.407 e.